The van der Waals surface area contributed by atoms with Crippen LogP contribution in [0.3, 0.4) is 0 Å². The Morgan fingerprint density at radius 2 is 2.00 bits per heavy atom. The van der Waals surface area contributed by atoms with Crippen molar-refractivity contribution < 1.29 is 23.9 Å². The van der Waals surface area contributed by atoms with Gasteiger partial charge in [0.1, 0.15) is 0 Å². The van der Waals surface area contributed by atoms with E-state index in [1.54, 1.807) is 22.9 Å². The summed E-state index contributed by atoms with van der Waals surface area (Å²) in [5.74, 6) is 0.384. The molecule has 0 N–H and O–H groups in total. The Morgan fingerprint density at radius 1 is 1.22 bits per heavy atom. The van der Waals surface area contributed by atoms with E-state index in [4.69, 9.17) is 14.2 Å². The zero-order valence-corrected chi connectivity index (χ0v) is 14.5. The summed E-state index contributed by atoms with van der Waals surface area (Å²) in [4.78, 5) is 23.1. The van der Waals surface area contributed by atoms with Crippen molar-refractivity contribution in [1.29, 1.82) is 0 Å². The first-order valence-electron chi connectivity index (χ1n) is 8.22. The van der Waals surface area contributed by atoms with Gasteiger partial charge >= 0.3 is 5.97 Å². The summed E-state index contributed by atoms with van der Waals surface area (Å²) in [7, 11) is 0. The summed E-state index contributed by atoms with van der Waals surface area (Å²) in [6, 6.07) is 9.02. The largest absolute Gasteiger partial charge is 0.454 e. The molecule has 0 unspecified atom stereocenters. The first-order valence-corrected chi connectivity index (χ1v) is 8.22. The van der Waals surface area contributed by atoms with Gasteiger partial charge in [0.05, 0.1) is 21.4 Å². The van der Waals surface area contributed by atoms with E-state index in [2.05, 4.69) is 5.10 Å². The molecule has 138 valence electrons. The van der Waals surface area contributed by atoms with Crippen LogP contribution in [0.5, 0.6) is 17.4 Å². The maximum absolute atomic E-state index is 12.6. The molecule has 0 saturated carbocycles. The summed E-state index contributed by atoms with van der Waals surface area (Å²) < 4.78 is 17.6. The topological polar surface area (TPSA) is 106 Å². The van der Waals surface area contributed by atoms with Crippen molar-refractivity contribution in [2.75, 3.05) is 6.79 Å². The van der Waals surface area contributed by atoms with Crippen LogP contribution in [0.4, 0.5) is 5.69 Å². The average molecular weight is 369 g/mol. The molecule has 1 aromatic heterocycles. The zero-order valence-electron chi connectivity index (χ0n) is 14.5. The lowest BCUT2D eigenvalue weighted by Crippen LogP contribution is -2.10. The minimum Gasteiger partial charge on any atom is -0.454 e. The standard InChI is InChI=1S/C18H15N3O6/c1-10(2)20-14-5-4-12(21(23)24)8-13(14)17(19-20)27-18(22)11-3-6-15-16(7-11)26-9-25-15/h3-8,10H,9H2,1-2H3. The number of carbonyl (C=O) groups is 1. The predicted molar refractivity (Wildman–Crippen MR) is 94.3 cm³/mol. The molecule has 0 atom stereocenters. The third-order valence-corrected chi connectivity index (χ3v) is 4.15. The molecule has 0 bridgehead atoms. The highest BCUT2D eigenvalue weighted by Gasteiger charge is 2.22. The molecule has 3 aromatic rings. The molecule has 4 rings (SSSR count). The van der Waals surface area contributed by atoms with Crippen LogP contribution in [0.1, 0.15) is 30.2 Å². The minimum atomic E-state index is -0.643. The van der Waals surface area contributed by atoms with Crippen LogP contribution in [-0.4, -0.2) is 27.5 Å². The minimum absolute atomic E-state index is 0.0186. The summed E-state index contributed by atoms with van der Waals surface area (Å²) in [5.41, 5.74) is 0.798. The van der Waals surface area contributed by atoms with Gasteiger partial charge in [0, 0.05) is 18.2 Å². The van der Waals surface area contributed by atoms with Gasteiger partial charge in [-0.2, -0.15) is 0 Å². The van der Waals surface area contributed by atoms with E-state index >= 15 is 0 Å². The van der Waals surface area contributed by atoms with Crippen molar-refractivity contribution in [2.24, 2.45) is 0 Å². The Kier molecular flexibility index (Phi) is 3.91. The smallest absolute Gasteiger partial charge is 0.345 e. The van der Waals surface area contributed by atoms with E-state index in [0.29, 0.717) is 22.4 Å². The monoisotopic (exact) mass is 369 g/mol. The predicted octanol–water partition coefficient (Wildman–Crippen LogP) is 3.47. The number of hydrogen-bond acceptors (Lipinski definition) is 7. The van der Waals surface area contributed by atoms with Crippen LogP contribution in [-0.2, 0) is 0 Å². The van der Waals surface area contributed by atoms with Gasteiger partial charge in [-0.25, -0.2) is 4.79 Å². The molecule has 2 aromatic carbocycles. The Hall–Kier alpha value is -3.62. The lowest BCUT2D eigenvalue weighted by atomic mass is 10.2. The van der Waals surface area contributed by atoms with E-state index in [0.717, 1.165) is 0 Å². The molecule has 9 heteroatoms. The van der Waals surface area contributed by atoms with Crippen molar-refractivity contribution in [1.82, 2.24) is 9.78 Å². The molecule has 0 aliphatic carbocycles. The van der Waals surface area contributed by atoms with Gasteiger partial charge in [0.25, 0.3) is 5.69 Å². The molecule has 0 saturated heterocycles. The number of aromatic nitrogens is 2. The fourth-order valence-electron chi connectivity index (χ4n) is 2.85. The second-order valence-electron chi connectivity index (χ2n) is 6.26. The van der Waals surface area contributed by atoms with Crippen LogP contribution >= 0.6 is 0 Å². The third-order valence-electron chi connectivity index (χ3n) is 4.15. The van der Waals surface area contributed by atoms with Gasteiger partial charge in [-0.1, -0.05) is 0 Å². The number of benzene rings is 2. The fraction of sp³-hybridized carbons (Fsp3) is 0.222. The summed E-state index contributed by atoms with van der Waals surface area (Å²) in [6.45, 7) is 3.93. The quantitative estimate of drug-likeness (QED) is 0.394. The van der Waals surface area contributed by atoms with Crippen LogP contribution in [0.15, 0.2) is 36.4 Å². The molecule has 0 radical (unpaired) electrons. The fourth-order valence-corrected chi connectivity index (χ4v) is 2.85. The van der Waals surface area contributed by atoms with Gasteiger partial charge in [0.2, 0.25) is 12.7 Å². The van der Waals surface area contributed by atoms with Crippen LogP contribution in [0.25, 0.3) is 10.9 Å². The summed E-state index contributed by atoms with van der Waals surface area (Å²) in [6.07, 6.45) is 0. The maximum atomic E-state index is 12.6. The van der Waals surface area contributed by atoms with E-state index in [-0.39, 0.29) is 30.0 Å². The Balaban J connectivity index is 1.73. The lowest BCUT2D eigenvalue weighted by molar-refractivity contribution is -0.384. The molecule has 9 nitrogen and oxygen atoms in total. The van der Waals surface area contributed by atoms with E-state index in [1.807, 2.05) is 13.8 Å². The summed E-state index contributed by atoms with van der Waals surface area (Å²) >= 11 is 0. The third kappa shape index (κ3) is 2.92. The van der Waals surface area contributed by atoms with Crippen LogP contribution < -0.4 is 14.2 Å². The molecule has 1 aliphatic heterocycles. The number of carbonyl (C=O) groups excluding carboxylic acids is 1. The number of nitrogens with zero attached hydrogens (tertiary/aromatic N) is 3. The second kappa shape index (κ2) is 6.27. The first-order chi connectivity index (χ1) is 12.9. The Morgan fingerprint density at radius 3 is 2.74 bits per heavy atom. The number of non-ortho nitro benzene ring substituents is 1. The zero-order chi connectivity index (χ0) is 19.1. The Bertz CT molecular complexity index is 1070. The highest BCUT2D eigenvalue weighted by atomic mass is 16.7. The number of esters is 1. The van der Waals surface area contributed by atoms with Gasteiger partial charge in [-0.15, -0.1) is 5.10 Å². The number of rotatable bonds is 4. The van der Waals surface area contributed by atoms with Crippen molar-refractivity contribution in [3.63, 3.8) is 0 Å². The molecule has 0 fully saturated rings. The van der Waals surface area contributed by atoms with Gasteiger partial charge in [-0.3, -0.25) is 14.8 Å². The molecule has 2 heterocycles. The maximum Gasteiger partial charge on any atom is 0.345 e. The highest BCUT2D eigenvalue weighted by molar-refractivity contribution is 5.95. The molecular weight excluding hydrogens is 354 g/mol. The van der Waals surface area contributed by atoms with Gasteiger partial charge in [0.15, 0.2) is 11.5 Å². The molecular formula is C18H15N3O6. The normalized spacial score (nSPS) is 12.6. The van der Waals surface area contributed by atoms with Crippen LogP contribution in [0, 0.1) is 10.1 Å². The number of fused-ring (bicyclic) bond motifs is 2. The van der Waals surface area contributed by atoms with Crippen molar-refractivity contribution in [3.8, 4) is 17.4 Å². The summed E-state index contributed by atoms with van der Waals surface area (Å²) in [5, 5.41) is 15.8. The number of nitro groups is 1. The Labute approximate surface area is 153 Å². The van der Waals surface area contributed by atoms with E-state index in [1.165, 1.54) is 18.2 Å². The SMILES string of the molecule is CC(C)n1nc(OC(=O)c2ccc3c(c2)OCO3)c2cc([N+](=O)[O-])ccc21. The van der Waals surface area contributed by atoms with Crippen molar-refractivity contribution >= 4 is 22.6 Å². The number of nitro benzene ring substituents is 1. The van der Waals surface area contributed by atoms with Crippen molar-refractivity contribution in [3.05, 3.63) is 52.1 Å². The number of ether oxygens (including phenoxy) is 3. The molecule has 0 amide bonds. The van der Waals surface area contributed by atoms with E-state index < -0.39 is 10.9 Å². The first kappa shape index (κ1) is 16.8. The molecule has 27 heavy (non-hydrogen) atoms. The molecule has 1 aliphatic rings. The van der Waals surface area contributed by atoms with Gasteiger partial charge in [-0.05, 0) is 38.1 Å². The molecule has 0 spiro atoms. The van der Waals surface area contributed by atoms with Crippen LogP contribution in [0.2, 0.25) is 0 Å². The van der Waals surface area contributed by atoms with E-state index in [9.17, 15) is 14.9 Å². The van der Waals surface area contributed by atoms with Crippen molar-refractivity contribution in [2.45, 2.75) is 19.9 Å². The van der Waals surface area contributed by atoms with Gasteiger partial charge < -0.3 is 14.2 Å². The average Bonchev–Trinajstić information content (AvgIpc) is 3.25. The highest BCUT2D eigenvalue weighted by Crippen LogP contribution is 2.34. The second-order valence-corrected chi connectivity index (χ2v) is 6.26. The number of hydrogen-bond donors (Lipinski definition) is 0. The lowest BCUT2D eigenvalue weighted by Gasteiger charge is -2.06.